The number of rotatable bonds is 3. The number of urea groups is 1. The Hall–Kier alpha value is -1.88. The molecule has 0 spiro atoms. The highest BCUT2D eigenvalue weighted by atomic mass is 16.2. The van der Waals surface area contributed by atoms with Crippen LogP contribution in [0.4, 0.5) is 4.79 Å². The van der Waals surface area contributed by atoms with Gasteiger partial charge in [0.05, 0.1) is 0 Å². The largest absolute Gasteiger partial charge is 0.324 e. The molecule has 5 heteroatoms. The average Bonchev–Trinajstić information content (AvgIpc) is 2.74. The molecule has 112 valence electrons. The molecule has 0 saturated carbocycles. The monoisotopic (exact) mass is 287 g/mol. The van der Waals surface area contributed by atoms with E-state index in [9.17, 15) is 9.59 Å². The molecule has 5 nitrogen and oxygen atoms in total. The lowest BCUT2D eigenvalue weighted by atomic mass is 9.74. The van der Waals surface area contributed by atoms with Crippen LogP contribution in [-0.2, 0) is 11.2 Å². The summed E-state index contributed by atoms with van der Waals surface area (Å²) >= 11 is 0. The molecule has 2 heterocycles. The van der Waals surface area contributed by atoms with Gasteiger partial charge in [0.15, 0.2) is 0 Å². The van der Waals surface area contributed by atoms with Gasteiger partial charge < -0.3 is 10.6 Å². The SMILES string of the molecule is CN1C(=O)NC(Cc2ccccc2)(C2CCNCC2)C1=O. The van der Waals surface area contributed by atoms with Crippen LogP contribution in [0.1, 0.15) is 18.4 Å². The number of hydrogen-bond donors (Lipinski definition) is 2. The molecule has 2 aliphatic rings. The number of carbonyl (C=O) groups is 2. The second-order valence-corrected chi connectivity index (χ2v) is 5.95. The van der Waals surface area contributed by atoms with Crippen molar-refractivity contribution < 1.29 is 9.59 Å². The molecule has 0 bridgehead atoms. The number of imide groups is 1. The third-order valence-electron chi connectivity index (χ3n) is 4.68. The first-order chi connectivity index (χ1) is 10.1. The number of nitrogens with one attached hydrogen (secondary N) is 2. The highest BCUT2D eigenvalue weighted by Crippen LogP contribution is 2.34. The molecule has 1 aromatic rings. The van der Waals surface area contributed by atoms with E-state index in [0.29, 0.717) is 6.42 Å². The van der Waals surface area contributed by atoms with Gasteiger partial charge in [-0.2, -0.15) is 0 Å². The number of hydrogen-bond acceptors (Lipinski definition) is 3. The zero-order chi connectivity index (χ0) is 14.9. The molecule has 2 aliphatic heterocycles. The van der Waals surface area contributed by atoms with Gasteiger partial charge in [-0.15, -0.1) is 0 Å². The van der Waals surface area contributed by atoms with Crippen molar-refractivity contribution in [3.05, 3.63) is 35.9 Å². The maximum atomic E-state index is 12.8. The van der Waals surface area contributed by atoms with E-state index in [2.05, 4.69) is 10.6 Å². The van der Waals surface area contributed by atoms with Gasteiger partial charge in [-0.25, -0.2) is 4.79 Å². The van der Waals surface area contributed by atoms with Gasteiger partial charge in [0, 0.05) is 13.5 Å². The fourth-order valence-electron chi connectivity index (χ4n) is 3.49. The van der Waals surface area contributed by atoms with Crippen LogP contribution in [0.2, 0.25) is 0 Å². The van der Waals surface area contributed by atoms with E-state index < -0.39 is 5.54 Å². The van der Waals surface area contributed by atoms with Crippen LogP contribution in [0.15, 0.2) is 30.3 Å². The summed E-state index contributed by atoms with van der Waals surface area (Å²) in [6.07, 6.45) is 2.38. The Morgan fingerprint density at radius 1 is 1.19 bits per heavy atom. The average molecular weight is 287 g/mol. The normalized spacial score (nSPS) is 27.0. The van der Waals surface area contributed by atoms with E-state index >= 15 is 0 Å². The number of piperidine rings is 1. The Morgan fingerprint density at radius 2 is 1.86 bits per heavy atom. The van der Waals surface area contributed by atoms with E-state index in [1.807, 2.05) is 30.3 Å². The lowest BCUT2D eigenvalue weighted by Crippen LogP contribution is -2.57. The summed E-state index contributed by atoms with van der Waals surface area (Å²) in [6.45, 7) is 1.79. The number of benzene rings is 1. The number of carbonyl (C=O) groups excluding carboxylic acids is 2. The van der Waals surface area contributed by atoms with Crippen molar-refractivity contribution in [1.82, 2.24) is 15.5 Å². The molecule has 1 atom stereocenters. The van der Waals surface area contributed by atoms with Crippen molar-refractivity contribution in [2.75, 3.05) is 20.1 Å². The lowest BCUT2D eigenvalue weighted by molar-refractivity contribution is -0.132. The Bertz CT molecular complexity index is 540. The standard InChI is InChI=1S/C16H21N3O2/c1-19-14(20)16(18-15(19)21,13-7-9-17-10-8-13)11-12-5-3-2-4-6-12/h2-6,13,17H,7-11H2,1H3,(H,18,21). The van der Waals surface area contributed by atoms with Crippen LogP contribution >= 0.6 is 0 Å². The molecule has 3 amide bonds. The highest BCUT2D eigenvalue weighted by molar-refractivity contribution is 6.07. The smallest absolute Gasteiger partial charge is 0.322 e. The molecule has 3 rings (SSSR count). The van der Waals surface area contributed by atoms with Gasteiger partial charge in [-0.05, 0) is 37.4 Å². The predicted octanol–water partition coefficient (Wildman–Crippen LogP) is 1.15. The molecule has 2 fully saturated rings. The van der Waals surface area contributed by atoms with Gasteiger partial charge in [0.2, 0.25) is 0 Å². The van der Waals surface area contributed by atoms with Crippen LogP contribution in [0, 0.1) is 5.92 Å². The quantitative estimate of drug-likeness (QED) is 0.820. The van der Waals surface area contributed by atoms with Crippen molar-refractivity contribution >= 4 is 11.9 Å². The Morgan fingerprint density at radius 3 is 2.43 bits per heavy atom. The Balaban J connectivity index is 1.95. The third-order valence-corrected chi connectivity index (χ3v) is 4.68. The minimum absolute atomic E-state index is 0.0942. The number of likely N-dealkylation sites (N-methyl/N-ethyl adjacent to an activating group) is 1. The summed E-state index contributed by atoms with van der Waals surface area (Å²) in [5.41, 5.74) is 0.301. The van der Waals surface area contributed by atoms with E-state index in [1.165, 1.54) is 4.90 Å². The van der Waals surface area contributed by atoms with Crippen LogP contribution in [0.3, 0.4) is 0 Å². The highest BCUT2D eigenvalue weighted by Gasteiger charge is 2.54. The fraction of sp³-hybridized carbons (Fsp3) is 0.500. The van der Waals surface area contributed by atoms with Gasteiger partial charge >= 0.3 is 6.03 Å². The second kappa shape index (κ2) is 5.48. The minimum atomic E-state index is -0.782. The van der Waals surface area contributed by atoms with Crippen LogP contribution in [0.5, 0.6) is 0 Å². The van der Waals surface area contributed by atoms with E-state index in [4.69, 9.17) is 0 Å². The summed E-state index contributed by atoms with van der Waals surface area (Å²) in [5, 5.41) is 6.31. The van der Waals surface area contributed by atoms with Crippen molar-refractivity contribution in [3.63, 3.8) is 0 Å². The summed E-state index contributed by atoms with van der Waals surface area (Å²) in [4.78, 5) is 26.0. The van der Waals surface area contributed by atoms with Gasteiger partial charge in [0.1, 0.15) is 5.54 Å². The molecule has 0 aliphatic carbocycles. The van der Waals surface area contributed by atoms with Gasteiger partial charge in [0.25, 0.3) is 5.91 Å². The van der Waals surface area contributed by atoms with E-state index in [1.54, 1.807) is 7.05 Å². The number of amides is 3. The molecular weight excluding hydrogens is 266 g/mol. The Labute approximate surface area is 124 Å². The molecular formula is C16H21N3O2. The molecule has 2 N–H and O–H groups in total. The first kappa shape index (κ1) is 14.1. The summed E-state index contributed by atoms with van der Waals surface area (Å²) < 4.78 is 0. The molecule has 0 radical (unpaired) electrons. The van der Waals surface area contributed by atoms with E-state index in [-0.39, 0.29) is 17.9 Å². The number of nitrogens with zero attached hydrogens (tertiary/aromatic N) is 1. The lowest BCUT2D eigenvalue weighted by Gasteiger charge is -2.37. The summed E-state index contributed by atoms with van der Waals surface area (Å²) in [5.74, 6) is 0.0867. The summed E-state index contributed by atoms with van der Waals surface area (Å²) in [6, 6.07) is 9.64. The maximum Gasteiger partial charge on any atom is 0.324 e. The van der Waals surface area contributed by atoms with Crippen molar-refractivity contribution in [3.8, 4) is 0 Å². The van der Waals surface area contributed by atoms with Crippen LogP contribution in [-0.4, -0.2) is 42.5 Å². The first-order valence-corrected chi connectivity index (χ1v) is 7.48. The molecule has 1 unspecified atom stereocenters. The third kappa shape index (κ3) is 2.42. The minimum Gasteiger partial charge on any atom is -0.322 e. The van der Waals surface area contributed by atoms with Gasteiger partial charge in [-0.1, -0.05) is 30.3 Å². The van der Waals surface area contributed by atoms with Crippen molar-refractivity contribution in [2.24, 2.45) is 5.92 Å². The van der Waals surface area contributed by atoms with E-state index in [0.717, 1.165) is 31.5 Å². The maximum absolute atomic E-state index is 12.8. The fourth-order valence-corrected chi connectivity index (χ4v) is 3.49. The zero-order valence-electron chi connectivity index (χ0n) is 12.3. The topological polar surface area (TPSA) is 61.4 Å². The van der Waals surface area contributed by atoms with Crippen molar-refractivity contribution in [2.45, 2.75) is 24.8 Å². The molecule has 0 aromatic heterocycles. The summed E-state index contributed by atoms with van der Waals surface area (Å²) in [7, 11) is 1.56. The second-order valence-electron chi connectivity index (χ2n) is 5.95. The molecule has 21 heavy (non-hydrogen) atoms. The first-order valence-electron chi connectivity index (χ1n) is 7.48. The van der Waals surface area contributed by atoms with Gasteiger partial charge in [-0.3, -0.25) is 9.69 Å². The zero-order valence-corrected chi connectivity index (χ0v) is 12.3. The van der Waals surface area contributed by atoms with Crippen LogP contribution in [0.25, 0.3) is 0 Å². The van der Waals surface area contributed by atoms with Crippen LogP contribution < -0.4 is 10.6 Å². The molecule has 1 aromatic carbocycles. The van der Waals surface area contributed by atoms with Crippen molar-refractivity contribution in [1.29, 1.82) is 0 Å². The Kier molecular flexibility index (Phi) is 3.68. The predicted molar refractivity (Wildman–Crippen MR) is 79.8 cm³/mol. The molecule has 2 saturated heterocycles.